The van der Waals surface area contributed by atoms with Crippen molar-refractivity contribution in [2.75, 3.05) is 20.1 Å². The minimum absolute atomic E-state index is 0.0767. The number of aromatic amines is 1. The third-order valence-electron chi connectivity index (χ3n) is 2.91. The first-order valence-corrected chi connectivity index (χ1v) is 5.13. The lowest BCUT2D eigenvalue weighted by Gasteiger charge is -2.29. The molecule has 1 saturated heterocycles. The van der Waals surface area contributed by atoms with Crippen molar-refractivity contribution in [3.63, 3.8) is 0 Å². The molecule has 0 spiro atoms. The maximum absolute atomic E-state index is 11.6. The van der Waals surface area contributed by atoms with Gasteiger partial charge in [-0.3, -0.25) is 4.79 Å². The van der Waals surface area contributed by atoms with Gasteiger partial charge < -0.3 is 9.88 Å². The summed E-state index contributed by atoms with van der Waals surface area (Å²) < 4.78 is 0. The first-order valence-electron chi connectivity index (χ1n) is 5.13. The Balaban J connectivity index is 2.22. The van der Waals surface area contributed by atoms with Crippen LogP contribution in [0.3, 0.4) is 0 Å². The van der Waals surface area contributed by atoms with Crippen molar-refractivity contribution in [3.05, 3.63) is 34.2 Å². The fraction of sp³-hybridized carbons (Fsp3) is 0.545. The summed E-state index contributed by atoms with van der Waals surface area (Å²) >= 11 is 0. The minimum Gasteiger partial charge on any atom is -0.329 e. The molecule has 0 amide bonds. The van der Waals surface area contributed by atoms with Crippen molar-refractivity contribution in [2.24, 2.45) is 0 Å². The van der Waals surface area contributed by atoms with E-state index in [2.05, 4.69) is 16.9 Å². The molecule has 1 aromatic rings. The van der Waals surface area contributed by atoms with Gasteiger partial charge in [-0.15, -0.1) is 0 Å². The SMILES string of the molecule is CN1CCCC(c2ccc[nH]c2=O)C1. The van der Waals surface area contributed by atoms with E-state index in [0.29, 0.717) is 5.92 Å². The van der Waals surface area contributed by atoms with Gasteiger partial charge in [0.05, 0.1) is 0 Å². The van der Waals surface area contributed by atoms with E-state index in [4.69, 9.17) is 0 Å². The molecule has 1 fully saturated rings. The fourth-order valence-electron chi connectivity index (χ4n) is 2.18. The van der Waals surface area contributed by atoms with E-state index in [1.807, 2.05) is 12.1 Å². The number of pyridine rings is 1. The van der Waals surface area contributed by atoms with Crippen LogP contribution in [-0.2, 0) is 0 Å². The van der Waals surface area contributed by atoms with Crippen LogP contribution in [0.5, 0.6) is 0 Å². The topological polar surface area (TPSA) is 36.1 Å². The average Bonchev–Trinajstić information content (AvgIpc) is 2.18. The first-order chi connectivity index (χ1) is 6.77. The van der Waals surface area contributed by atoms with Crippen molar-refractivity contribution in [2.45, 2.75) is 18.8 Å². The number of likely N-dealkylation sites (tertiary alicyclic amines) is 1. The van der Waals surface area contributed by atoms with E-state index in [1.54, 1.807) is 6.20 Å². The molecule has 0 radical (unpaired) electrons. The summed E-state index contributed by atoms with van der Waals surface area (Å²) in [5.74, 6) is 0.415. The van der Waals surface area contributed by atoms with E-state index >= 15 is 0 Å². The smallest absolute Gasteiger partial charge is 0.251 e. The number of H-pyrrole nitrogens is 1. The Hall–Kier alpha value is -1.09. The molecule has 0 saturated carbocycles. The predicted octanol–water partition coefficient (Wildman–Crippen LogP) is 1.18. The summed E-state index contributed by atoms with van der Waals surface area (Å²) in [7, 11) is 2.11. The molecule has 2 rings (SSSR count). The third-order valence-corrected chi connectivity index (χ3v) is 2.91. The molecular weight excluding hydrogens is 176 g/mol. The molecule has 1 aromatic heterocycles. The van der Waals surface area contributed by atoms with Gasteiger partial charge in [-0.1, -0.05) is 6.07 Å². The Kier molecular flexibility index (Phi) is 2.68. The van der Waals surface area contributed by atoms with Gasteiger partial charge in [0, 0.05) is 24.2 Å². The standard InChI is InChI=1S/C11H16N2O/c1-13-7-3-4-9(8-13)10-5-2-6-12-11(10)14/h2,5-6,9H,3-4,7-8H2,1H3,(H,12,14). The maximum atomic E-state index is 11.6. The highest BCUT2D eigenvalue weighted by Gasteiger charge is 2.20. The molecule has 14 heavy (non-hydrogen) atoms. The van der Waals surface area contributed by atoms with Crippen LogP contribution in [0.25, 0.3) is 0 Å². The molecule has 0 aromatic carbocycles. The Labute approximate surface area is 83.8 Å². The summed E-state index contributed by atoms with van der Waals surface area (Å²) in [5.41, 5.74) is 1.02. The zero-order chi connectivity index (χ0) is 9.97. The highest BCUT2D eigenvalue weighted by atomic mass is 16.1. The molecule has 1 N–H and O–H groups in total. The Morgan fingerprint density at radius 3 is 3.14 bits per heavy atom. The quantitative estimate of drug-likeness (QED) is 0.725. The first kappa shape index (κ1) is 9.46. The van der Waals surface area contributed by atoms with Crippen molar-refractivity contribution in [3.8, 4) is 0 Å². The summed E-state index contributed by atoms with van der Waals surface area (Å²) in [6, 6.07) is 3.86. The van der Waals surface area contributed by atoms with Crippen LogP contribution in [-0.4, -0.2) is 30.0 Å². The highest BCUT2D eigenvalue weighted by molar-refractivity contribution is 5.16. The average molecular weight is 192 g/mol. The number of likely N-dealkylation sites (N-methyl/N-ethyl adjacent to an activating group) is 1. The lowest BCUT2D eigenvalue weighted by Crippen LogP contribution is -2.33. The molecule has 76 valence electrons. The molecular formula is C11H16N2O. The number of rotatable bonds is 1. The van der Waals surface area contributed by atoms with Gasteiger partial charge >= 0.3 is 0 Å². The second kappa shape index (κ2) is 3.96. The fourth-order valence-corrected chi connectivity index (χ4v) is 2.18. The van der Waals surface area contributed by atoms with Crippen LogP contribution >= 0.6 is 0 Å². The number of aromatic nitrogens is 1. The van der Waals surface area contributed by atoms with E-state index in [0.717, 1.165) is 25.1 Å². The van der Waals surface area contributed by atoms with Gasteiger partial charge in [-0.05, 0) is 32.5 Å². The van der Waals surface area contributed by atoms with E-state index in [1.165, 1.54) is 6.42 Å². The Morgan fingerprint density at radius 1 is 1.57 bits per heavy atom. The molecule has 1 unspecified atom stereocenters. The van der Waals surface area contributed by atoms with Crippen molar-refractivity contribution < 1.29 is 0 Å². The molecule has 1 atom stereocenters. The number of hydrogen-bond acceptors (Lipinski definition) is 2. The van der Waals surface area contributed by atoms with Crippen LogP contribution < -0.4 is 5.56 Å². The molecule has 1 aliphatic heterocycles. The second-order valence-electron chi connectivity index (χ2n) is 4.06. The zero-order valence-electron chi connectivity index (χ0n) is 8.49. The van der Waals surface area contributed by atoms with Gasteiger partial charge in [0.2, 0.25) is 0 Å². The van der Waals surface area contributed by atoms with Crippen LogP contribution in [0.1, 0.15) is 24.3 Å². The van der Waals surface area contributed by atoms with Crippen molar-refractivity contribution in [1.29, 1.82) is 0 Å². The second-order valence-corrected chi connectivity index (χ2v) is 4.06. The summed E-state index contributed by atoms with van der Waals surface area (Å²) in [4.78, 5) is 16.6. The lowest BCUT2D eigenvalue weighted by atomic mass is 9.92. The van der Waals surface area contributed by atoms with Gasteiger partial charge in [0.15, 0.2) is 0 Å². The van der Waals surface area contributed by atoms with Crippen LogP contribution in [0.4, 0.5) is 0 Å². The minimum atomic E-state index is 0.0767. The Bertz CT molecular complexity index is 358. The number of hydrogen-bond donors (Lipinski definition) is 1. The molecule has 3 heteroatoms. The summed E-state index contributed by atoms with van der Waals surface area (Å²) in [5, 5.41) is 0. The normalized spacial score (nSPS) is 23.6. The van der Waals surface area contributed by atoms with Crippen LogP contribution in [0.15, 0.2) is 23.1 Å². The van der Waals surface area contributed by atoms with Gasteiger partial charge in [-0.25, -0.2) is 0 Å². The Morgan fingerprint density at radius 2 is 2.43 bits per heavy atom. The van der Waals surface area contributed by atoms with E-state index in [9.17, 15) is 4.79 Å². The monoisotopic (exact) mass is 192 g/mol. The van der Waals surface area contributed by atoms with Crippen LogP contribution in [0, 0.1) is 0 Å². The summed E-state index contributed by atoms with van der Waals surface area (Å²) in [6.07, 6.45) is 4.02. The third kappa shape index (κ3) is 1.87. The molecule has 2 heterocycles. The van der Waals surface area contributed by atoms with Crippen LogP contribution in [0.2, 0.25) is 0 Å². The molecule has 3 nitrogen and oxygen atoms in total. The summed E-state index contributed by atoms with van der Waals surface area (Å²) in [6.45, 7) is 2.16. The van der Waals surface area contributed by atoms with E-state index < -0.39 is 0 Å². The molecule has 0 bridgehead atoms. The largest absolute Gasteiger partial charge is 0.329 e. The van der Waals surface area contributed by atoms with Gasteiger partial charge in [-0.2, -0.15) is 0 Å². The number of nitrogens with zero attached hydrogens (tertiary/aromatic N) is 1. The number of piperidine rings is 1. The van der Waals surface area contributed by atoms with Crippen molar-refractivity contribution in [1.82, 2.24) is 9.88 Å². The van der Waals surface area contributed by atoms with E-state index in [-0.39, 0.29) is 5.56 Å². The number of nitrogens with one attached hydrogen (secondary N) is 1. The molecule has 1 aliphatic rings. The van der Waals surface area contributed by atoms with Gasteiger partial charge in [0.25, 0.3) is 5.56 Å². The predicted molar refractivity (Wildman–Crippen MR) is 56.5 cm³/mol. The van der Waals surface area contributed by atoms with Gasteiger partial charge in [0.1, 0.15) is 0 Å². The van der Waals surface area contributed by atoms with Crippen molar-refractivity contribution >= 4 is 0 Å². The molecule has 0 aliphatic carbocycles. The lowest BCUT2D eigenvalue weighted by molar-refractivity contribution is 0.250. The highest BCUT2D eigenvalue weighted by Crippen LogP contribution is 2.23. The zero-order valence-corrected chi connectivity index (χ0v) is 8.49. The maximum Gasteiger partial charge on any atom is 0.251 e.